The summed E-state index contributed by atoms with van der Waals surface area (Å²) in [5.41, 5.74) is 1.35. The first kappa shape index (κ1) is 18.1. The number of halogens is 3. The van der Waals surface area contributed by atoms with E-state index in [-0.39, 0.29) is 18.5 Å². The summed E-state index contributed by atoms with van der Waals surface area (Å²) in [6.07, 6.45) is -4.29. The van der Waals surface area contributed by atoms with Crippen molar-refractivity contribution in [2.24, 2.45) is 0 Å². The Balaban J connectivity index is 1.88. The number of aryl methyl sites for hydroxylation is 1. The lowest BCUT2D eigenvalue weighted by atomic mass is 10.1. The number of nitrogens with zero attached hydrogens (tertiary/aromatic N) is 1. The average molecular weight is 344 g/mol. The molecule has 1 heterocycles. The molecule has 2 rings (SSSR count). The van der Waals surface area contributed by atoms with Crippen LogP contribution < -0.4 is 5.32 Å². The van der Waals surface area contributed by atoms with E-state index in [4.69, 9.17) is 0 Å². The van der Waals surface area contributed by atoms with E-state index in [2.05, 4.69) is 10.1 Å². The number of ether oxygens (including phenoxy) is 1. The van der Waals surface area contributed by atoms with E-state index in [9.17, 15) is 22.8 Å². The van der Waals surface area contributed by atoms with Gasteiger partial charge in [-0.25, -0.2) is 4.79 Å². The van der Waals surface area contributed by atoms with Gasteiger partial charge >= 0.3 is 12.3 Å². The van der Waals surface area contributed by atoms with Crippen LogP contribution in [0, 0.1) is 6.92 Å². The van der Waals surface area contributed by atoms with Gasteiger partial charge in [-0.2, -0.15) is 13.2 Å². The highest BCUT2D eigenvalue weighted by atomic mass is 19.4. The fourth-order valence-corrected chi connectivity index (χ4v) is 2.65. The van der Waals surface area contributed by atoms with Crippen molar-refractivity contribution >= 4 is 12.0 Å². The van der Waals surface area contributed by atoms with Crippen molar-refractivity contribution in [3.05, 3.63) is 35.4 Å². The van der Waals surface area contributed by atoms with E-state index in [0.717, 1.165) is 5.56 Å². The van der Waals surface area contributed by atoms with Crippen LogP contribution in [0.4, 0.5) is 18.0 Å². The lowest BCUT2D eigenvalue weighted by molar-refractivity contribution is -0.162. The van der Waals surface area contributed by atoms with Crippen LogP contribution in [-0.4, -0.2) is 48.8 Å². The number of rotatable bonds is 4. The van der Waals surface area contributed by atoms with Crippen LogP contribution in [0.15, 0.2) is 24.3 Å². The molecule has 0 aromatic heterocycles. The van der Waals surface area contributed by atoms with Gasteiger partial charge in [-0.1, -0.05) is 18.2 Å². The molecule has 1 saturated heterocycles. The molecule has 1 aromatic carbocycles. The van der Waals surface area contributed by atoms with Crippen molar-refractivity contribution in [2.75, 3.05) is 19.7 Å². The molecule has 2 amide bonds. The monoisotopic (exact) mass is 344 g/mol. The van der Waals surface area contributed by atoms with Crippen molar-refractivity contribution in [2.45, 2.75) is 32.0 Å². The van der Waals surface area contributed by atoms with Gasteiger partial charge in [0, 0.05) is 18.7 Å². The number of likely N-dealkylation sites (tertiary alicyclic amines) is 1. The van der Waals surface area contributed by atoms with E-state index < -0.39 is 18.9 Å². The number of carbonyl (C=O) groups excluding carboxylic acids is 2. The maximum atomic E-state index is 12.2. The first-order chi connectivity index (χ1) is 11.3. The zero-order valence-electron chi connectivity index (χ0n) is 13.2. The minimum absolute atomic E-state index is 0.175. The normalized spacial score (nSPS) is 17.7. The largest absolute Gasteiger partial charge is 0.440 e. The van der Waals surface area contributed by atoms with Crippen LogP contribution in [0.5, 0.6) is 0 Å². The number of hydrogen-bond acceptors (Lipinski definition) is 3. The number of amides is 2. The standard InChI is InChI=1S/C16H19F3N2O3/c1-11-5-2-3-7-13(11)14(22)20-9-12-6-4-8-21(12)15(23)24-10-16(17,18)19/h2-3,5,7,12H,4,6,8-10H2,1H3,(H,20,22)/t12-/m0/s1. The molecular formula is C16H19F3N2O3. The van der Waals surface area contributed by atoms with Crippen LogP contribution in [0.1, 0.15) is 28.8 Å². The highest BCUT2D eigenvalue weighted by molar-refractivity contribution is 5.95. The van der Waals surface area contributed by atoms with Gasteiger partial charge in [0.15, 0.2) is 6.61 Å². The Morgan fingerprint density at radius 2 is 2.04 bits per heavy atom. The second kappa shape index (κ2) is 7.55. The second-order valence-corrected chi connectivity index (χ2v) is 5.68. The van der Waals surface area contributed by atoms with Crippen molar-refractivity contribution in [3.63, 3.8) is 0 Å². The second-order valence-electron chi connectivity index (χ2n) is 5.68. The summed E-state index contributed by atoms with van der Waals surface area (Å²) in [4.78, 5) is 25.2. The van der Waals surface area contributed by atoms with Crippen LogP contribution in [0.2, 0.25) is 0 Å². The van der Waals surface area contributed by atoms with Gasteiger partial charge in [-0.05, 0) is 31.4 Å². The molecule has 1 fully saturated rings. The third kappa shape index (κ3) is 4.87. The lowest BCUT2D eigenvalue weighted by Gasteiger charge is -2.24. The Morgan fingerprint density at radius 1 is 1.33 bits per heavy atom. The van der Waals surface area contributed by atoms with E-state index >= 15 is 0 Å². The van der Waals surface area contributed by atoms with Gasteiger partial charge in [0.2, 0.25) is 0 Å². The zero-order valence-corrected chi connectivity index (χ0v) is 13.2. The summed E-state index contributed by atoms with van der Waals surface area (Å²) in [5, 5.41) is 2.73. The molecule has 8 heteroatoms. The molecular weight excluding hydrogens is 325 g/mol. The fraction of sp³-hybridized carbons (Fsp3) is 0.500. The van der Waals surface area contributed by atoms with Gasteiger partial charge in [0.05, 0.1) is 6.04 Å². The minimum atomic E-state index is -4.55. The maximum absolute atomic E-state index is 12.2. The maximum Gasteiger partial charge on any atom is 0.422 e. The number of benzene rings is 1. The molecule has 1 aliphatic rings. The van der Waals surface area contributed by atoms with Gasteiger partial charge in [-0.15, -0.1) is 0 Å². The zero-order chi connectivity index (χ0) is 17.7. The molecule has 132 valence electrons. The molecule has 24 heavy (non-hydrogen) atoms. The first-order valence-electron chi connectivity index (χ1n) is 7.62. The predicted molar refractivity (Wildman–Crippen MR) is 80.6 cm³/mol. The van der Waals surface area contributed by atoms with Crippen LogP contribution in [0.25, 0.3) is 0 Å². The van der Waals surface area contributed by atoms with Gasteiger partial charge in [0.1, 0.15) is 0 Å². The molecule has 0 saturated carbocycles. The van der Waals surface area contributed by atoms with E-state index in [1.54, 1.807) is 12.1 Å². The van der Waals surface area contributed by atoms with Gasteiger partial charge in [-0.3, -0.25) is 4.79 Å². The minimum Gasteiger partial charge on any atom is -0.440 e. The molecule has 0 bridgehead atoms. The number of carbonyl (C=O) groups is 2. The number of hydrogen-bond donors (Lipinski definition) is 1. The first-order valence-corrected chi connectivity index (χ1v) is 7.62. The van der Waals surface area contributed by atoms with E-state index in [1.165, 1.54) is 4.90 Å². The molecule has 1 atom stereocenters. The molecule has 0 aliphatic carbocycles. The molecule has 1 aromatic rings. The Hall–Kier alpha value is -2.25. The van der Waals surface area contributed by atoms with Gasteiger partial charge in [0.25, 0.3) is 5.91 Å². The Labute approximate surface area is 137 Å². The van der Waals surface area contributed by atoms with E-state index in [1.807, 2.05) is 19.1 Å². The van der Waals surface area contributed by atoms with Crippen LogP contribution in [0.3, 0.4) is 0 Å². The molecule has 0 spiro atoms. The SMILES string of the molecule is Cc1ccccc1C(=O)NC[C@@H]1CCCN1C(=O)OCC(F)(F)F. The number of alkyl halides is 3. The summed E-state index contributed by atoms with van der Waals surface area (Å²) in [6.45, 7) is 0.700. The third-order valence-corrected chi connectivity index (χ3v) is 3.86. The van der Waals surface area contributed by atoms with Crippen molar-refractivity contribution < 1.29 is 27.5 Å². The average Bonchev–Trinajstić information content (AvgIpc) is 2.98. The van der Waals surface area contributed by atoms with Gasteiger partial charge < -0.3 is 15.0 Å². The number of nitrogens with one attached hydrogen (secondary N) is 1. The van der Waals surface area contributed by atoms with Crippen molar-refractivity contribution in [3.8, 4) is 0 Å². The highest BCUT2D eigenvalue weighted by Gasteiger charge is 2.34. The summed E-state index contributed by atoms with van der Waals surface area (Å²) in [6, 6.07) is 6.71. The smallest absolute Gasteiger partial charge is 0.422 e. The Bertz CT molecular complexity index is 604. The summed E-state index contributed by atoms with van der Waals surface area (Å²) >= 11 is 0. The Morgan fingerprint density at radius 3 is 2.71 bits per heavy atom. The topological polar surface area (TPSA) is 58.6 Å². The summed E-state index contributed by atoms with van der Waals surface area (Å²) < 4.78 is 40.7. The van der Waals surface area contributed by atoms with Crippen molar-refractivity contribution in [1.29, 1.82) is 0 Å². The third-order valence-electron chi connectivity index (χ3n) is 3.86. The molecule has 1 N–H and O–H groups in total. The Kier molecular flexibility index (Phi) is 5.69. The lowest BCUT2D eigenvalue weighted by Crippen LogP contribution is -2.44. The summed E-state index contributed by atoms with van der Waals surface area (Å²) in [5.74, 6) is -0.274. The molecule has 5 nitrogen and oxygen atoms in total. The molecule has 1 aliphatic heterocycles. The van der Waals surface area contributed by atoms with E-state index in [0.29, 0.717) is 24.9 Å². The highest BCUT2D eigenvalue weighted by Crippen LogP contribution is 2.20. The quantitative estimate of drug-likeness (QED) is 0.914. The molecule has 0 radical (unpaired) electrons. The summed E-state index contributed by atoms with van der Waals surface area (Å²) in [7, 11) is 0. The van der Waals surface area contributed by atoms with Crippen LogP contribution in [-0.2, 0) is 4.74 Å². The predicted octanol–water partition coefficient (Wildman–Crippen LogP) is 2.89. The fourth-order valence-electron chi connectivity index (χ4n) is 2.65. The molecule has 0 unspecified atom stereocenters. The van der Waals surface area contributed by atoms with Crippen LogP contribution >= 0.6 is 0 Å². The van der Waals surface area contributed by atoms with Crippen molar-refractivity contribution in [1.82, 2.24) is 10.2 Å².